The molecule has 0 radical (unpaired) electrons. The molecule has 4 aliphatic rings. The van der Waals surface area contributed by atoms with Crippen molar-refractivity contribution >= 4 is 0 Å². The molecule has 0 N–H and O–H groups in total. The first-order valence-electron chi connectivity index (χ1n) is 4.13. The summed E-state index contributed by atoms with van der Waals surface area (Å²) in [6.07, 6.45) is 7.50. The Kier molecular flexibility index (Phi) is 0.633. The molecule has 2 atom stereocenters. The van der Waals surface area contributed by atoms with E-state index in [2.05, 4.69) is 0 Å². The molecule has 2 fully saturated rings. The summed E-state index contributed by atoms with van der Waals surface area (Å²) in [7, 11) is 0. The molecule has 0 aromatic heterocycles. The van der Waals surface area contributed by atoms with Crippen LogP contribution in [0.5, 0.6) is 0 Å². The first kappa shape index (κ1) is 4.54. The van der Waals surface area contributed by atoms with Gasteiger partial charge in [-0.3, -0.25) is 0 Å². The lowest BCUT2D eigenvalue weighted by Gasteiger charge is -2.28. The highest BCUT2D eigenvalue weighted by atomic mass is 14.5. The van der Waals surface area contributed by atoms with Gasteiger partial charge < -0.3 is 0 Å². The van der Waals surface area contributed by atoms with Crippen molar-refractivity contribution in [3.8, 4) is 0 Å². The van der Waals surface area contributed by atoms with Crippen LogP contribution in [0.4, 0.5) is 0 Å². The van der Waals surface area contributed by atoms with E-state index < -0.39 is 0 Å². The van der Waals surface area contributed by atoms with E-state index in [-0.39, 0.29) is 0 Å². The van der Waals surface area contributed by atoms with Crippen LogP contribution in [-0.4, -0.2) is 0 Å². The molecule has 48 valence electrons. The molecule has 0 heteroatoms. The zero-order valence-corrected chi connectivity index (χ0v) is 5.69. The fourth-order valence-corrected chi connectivity index (χ4v) is 3.01. The highest BCUT2D eigenvalue weighted by Crippen LogP contribution is 2.55. The van der Waals surface area contributed by atoms with Gasteiger partial charge in [-0.15, -0.1) is 0 Å². The highest BCUT2D eigenvalue weighted by molar-refractivity contribution is 5.30. The predicted molar refractivity (Wildman–Crippen MR) is 37.1 cm³/mol. The Bertz CT molecular complexity index is 180. The second kappa shape index (κ2) is 1.25. The van der Waals surface area contributed by atoms with Crippen LogP contribution in [0.1, 0.15) is 32.1 Å². The van der Waals surface area contributed by atoms with Gasteiger partial charge in [0.25, 0.3) is 0 Å². The van der Waals surface area contributed by atoms with Gasteiger partial charge in [0, 0.05) is 0 Å². The van der Waals surface area contributed by atoms with Gasteiger partial charge in [-0.05, 0) is 43.9 Å². The third kappa shape index (κ3) is 0.417. The van der Waals surface area contributed by atoms with Gasteiger partial charge >= 0.3 is 0 Å². The number of hydrogen-bond donors (Lipinski definition) is 0. The van der Waals surface area contributed by atoms with Crippen LogP contribution >= 0.6 is 0 Å². The monoisotopic (exact) mass is 120 g/mol. The van der Waals surface area contributed by atoms with E-state index in [1.54, 1.807) is 0 Å². The average molecular weight is 120 g/mol. The van der Waals surface area contributed by atoms with Gasteiger partial charge in [0.1, 0.15) is 0 Å². The van der Waals surface area contributed by atoms with Gasteiger partial charge in [-0.1, -0.05) is 11.1 Å². The fraction of sp³-hybridized carbons (Fsp3) is 0.778. The van der Waals surface area contributed by atoms with E-state index in [0.29, 0.717) is 0 Å². The smallest absolute Gasteiger partial charge is 0.0283 e. The van der Waals surface area contributed by atoms with Crippen molar-refractivity contribution < 1.29 is 0 Å². The van der Waals surface area contributed by atoms with Crippen molar-refractivity contribution in [1.29, 1.82) is 0 Å². The lowest BCUT2D eigenvalue weighted by atomic mass is 9.77. The Morgan fingerprint density at radius 2 is 1.67 bits per heavy atom. The summed E-state index contributed by atoms with van der Waals surface area (Å²) >= 11 is 0. The van der Waals surface area contributed by atoms with Crippen LogP contribution in [0.25, 0.3) is 0 Å². The number of fused-ring (bicyclic) bond motifs is 1. The minimum atomic E-state index is 1.13. The molecule has 0 nitrogen and oxygen atoms in total. The van der Waals surface area contributed by atoms with E-state index in [4.69, 9.17) is 0 Å². The van der Waals surface area contributed by atoms with Gasteiger partial charge in [0.2, 0.25) is 0 Å². The van der Waals surface area contributed by atoms with Crippen molar-refractivity contribution in [1.82, 2.24) is 0 Å². The summed E-state index contributed by atoms with van der Waals surface area (Å²) in [6.45, 7) is 0. The summed E-state index contributed by atoms with van der Waals surface area (Å²) in [5.41, 5.74) is 3.73. The first-order valence-corrected chi connectivity index (χ1v) is 4.13. The zero-order chi connectivity index (χ0) is 5.84. The largest absolute Gasteiger partial charge is 0.0707 e. The fourth-order valence-electron chi connectivity index (χ4n) is 3.01. The van der Waals surface area contributed by atoms with Gasteiger partial charge in [-0.2, -0.15) is 0 Å². The van der Waals surface area contributed by atoms with E-state index in [9.17, 15) is 0 Å². The number of hydrogen-bond acceptors (Lipinski definition) is 0. The summed E-state index contributed by atoms with van der Waals surface area (Å²) in [6, 6.07) is 0. The SMILES string of the molecule is C1CC2CC3=C1CC2C3. The van der Waals surface area contributed by atoms with Crippen LogP contribution in [-0.2, 0) is 0 Å². The van der Waals surface area contributed by atoms with E-state index in [1.807, 2.05) is 11.1 Å². The molecule has 2 unspecified atom stereocenters. The highest BCUT2D eigenvalue weighted by Gasteiger charge is 2.41. The molecule has 0 amide bonds. The molecule has 0 aromatic rings. The maximum absolute atomic E-state index is 1.87. The second-order valence-corrected chi connectivity index (χ2v) is 3.88. The lowest BCUT2D eigenvalue weighted by Crippen LogP contribution is -2.15. The summed E-state index contributed by atoms with van der Waals surface area (Å²) < 4.78 is 0. The number of allylic oxidation sites excluding steroid dienone is 2. The van der Waals surface area contributed by atoms with Crippen LogP contribution in [0.3, 0.4) is 0 Å². The van der Waals surface area contributed by atoms with Crippen molar-refractivity contribution in [2.24, 2.45) is 11.8 Å². The zero-order valence-electron chi connectivity index (χ0n) is 5.69. The Morgan fingerprint density at radius 3 is 2.11 bits per heavy atom. The van der Waals surface area contributed by atoms with E-state index >= 15 is 0 Å². The van der Waals surface area contributed by atoms with Gasteiger partial charge in [-0.25, -0.2) is 0 Å². The minimum absolute atomic E-state index is 1.13. The Morgan fingerprint density at radius 1 is 0.889 bits per heavy atom. The molecular weight excluding hydrogens is 108 g/mol. The van der Waals surface area contributed by atoms with Crippen LogP contribution in [0.15, 0.2) is 11.1 Å². The van der Waals surface area contributed by atoms with Crippen LogP contribution in [0.2, 0.25) is 0 Å². The molecule has 0 aromatic carbocycles. The predicted octanol–water partition coefficient (Wildman–Crippen LogP) is 2.51. The van der Waals surface area contributed by atoms with E-state index in [0.717, 1.165) is 11.8 Å². The van der Waals surface area contributed by atoms with Crippen molar-refractivity contribution in [3.63, 3.8) is 0 Å². The molecule has 0 aliphatic heterocycles. The van der Waals surface area contributed by atoms with Crippen molar-refractivity contribution in [2.75, 3.05) is 0 Å². The third-order valence-corrected chi connectivity index (χ3v) is 3.51. The molecule has 4 rings (SSSR count). The minimum Gasteiger partial charge on any atom is -0.0707 e. The van der Waals surface area contributed by atoms with Gasteiger partial charge in [0.05, 0.1) is 0 Å². The molecule has 4 aliphatic carbocycles. The molecule has 0 saturated heterocycles. The Hall–Kier alpha value is -0.260. The maximum atomic E-state index is 1.87. The molecule has 4 bridgehead atoms. The van der Waals surface area contributed by atoms with E-state index in [1.165, 1.54) is 32.1 Å². The Balaban J connectivity index is 2.18. The Labute approximate surface area is 56.0 Å². The first-order chi connectivity index (χ1) is 4.43. The standard InChI is InChI=1S/C9H12/c1-2-7-4-8-5-9(7)3-6(1)8/h6,8H,1-5H2. The van der Waals surface area contributed by atoms with Crippen molar-refractivity contribution in [2.45, 2.75) is 32.1 Å². The molecular formula is C9H12. The second-order valence-electron chi connectivity index (χ2n) is 3.88. The molecule has 9 heavy (non-hydrogen) atoms. The van der Waals surface area contributed by atoms with Crippen LogP contribution < -0.4 is 0 Å². The lowest BCUT2D eigenvalue weighted by molar-refractivity contribution is 0.320. The average Bonchev–Trinajstić information content (AvgIpc) is 2.40. The molecule has 0 heterocycles. The molecule has 0 spiro atoms. The summed E-state index contributed by atoms with van der Waals surface area (Å²) in [4.78, 5) is 0. The third-order valence-electron chi connectivity index (χ3n) is 3.51. The molecule has 2 saturated carbocycles. The van der Waals surface area contributed by atoms with Gasteiger partial charge in [0.15, 0.2) is 0 Å². The topological polar surface area (TPSA) is 0 Å². The van der Waals surface area contributed by atoms with Crippen molar-refractivity contribution in [3.05, 3.63) is 11.1 Å². The van der Waals surface area contributed by atoms with Crippen LogP contribution in [0, 0.1) is 11.8 Å². The quantitative estimate of drug-likeness (QED) is 0.431. The normalized spacial score (nSPS) is 45.3. The number of rotatable bonds is 0. The maximum Gasteiger partial charge on any atom is -0.0283 e. The summed E-state index contributed by atoms with van der Waals surface area (Å²) in [5.74, 6) is 2.27. The summed E-state index contributed by atoms with van der Waals surface area (Å²) in [5, 5.41) is 0.